The zero-order chi connectivity index (χ0) is 8.27. The summed E-state index contributed by atoms with van der Waals surface area (Å²) in [6.07, 6.45) is 1.64. The number of halogens is 1. The Hall–Kier alpha value is -0.610. The van der Waals surface area contributed by atoms with Crippen LogP contribution in [0.2, 0.25) is 0 Å². The summed E-state index contributed by atoms with van der Waals surface area (Å²) >= 11 is 3.31. The normalized spacial score (nSPS) is 9.73. The minimum atomic E-state index is 0.0234. The van der Waals surface area contributed by atoms with Gasteiger partial charge in [0.1, 0.15) is 5.82 Å². The van der Waals surface area contributed by atoms with Gasteiger partial charge < -0.3 is 10.4 Å². The quantitative estimate of drug-likeness (QED) is 0.786. The molecule has 0 fully saturated rings. The van der Waals surface area contributed by atoms with Crippen LogP contribution in [0.25, 0.3) is 0 Å². The number of pyridine rings is 1. The largest absolute Gasteiger partial charge is 0.392 e. The fraction of sp³-hybridized carbons (Fsp3) is 0.286. The standard InChI is InChI=1S/C7H9BrN2O/c1-9-7-6(8)2-5(4-11)3-10-7/h2-3,11H,4H2,1H3,(H,9,10). The Morgan fingerprint density at radius 1 is 1.73 bits per heavy atom. The Kier molecular flexibility index (Phi) is 2.84. The minimum Gasteiger partial charge on any atom is -0.392 e. The maximum absolute atomic E-state index is 8.74. The molecule has 2 N–H and O–H groups in total. The molecule has 0 amide bonds. The summed E-state index contributed by atoms with van der Waals surface area (Å²) in [5, 5.41) is 11.7. The first-order valence-electron chi connectivity index (χ1n) is 3.21. The zero-order valence-corrected chi connectivity index (χ0v) is 7.72. The Balaban J connectivity index is 2.99. The van der Waals surface area contributed by atoms with E-state index >= 15 is 0 Å². The summed E-state index contributed by atoms with van der Waals surface area (Å²) in [6, 6.07) is 1.83. The number of rotatable bonds is 2. The van der Waals surface area contributed by atoms with Crippen LogP contribution in [-0.2, 0) is 6.61 Å². The Labute approximate surface area is 73.6 Å². The van der Waals surface area contributed by atoms with Crippen molar-refractivity contribution in [2.45, 2.75) is 6.61 Å². The molecule has 0 atom stereocenters. The molecule has 0 bridgehead atoms. The van der Waals surface area contributed by atoms with Crippen molar-refractivity contribution in [1.29, 1.82) is 0 Å². The van der Waals surface area contributed by atoms with Crippen LogP contribution >= 0.6 is 15.9 Å². The highest BCUT2D eigenvalue weighted by Gasteiger charge is 1.99. The third-order valence-electron chi connectivity index (χ3n) is 1.32. The molecule has 1 aromatic heterocycles. The van der Waals surface area contributed by atoms with Crippen LogP contribution in [0.3, 0.4) is 0 Å². The van der Waals surface area contributed by atoms with Gasteiger partial charge in [0.2, 0.25) is 0 Å². The maximum Gasteiger partial charge on any atom is 0.140 e. The van der Waals surface area contributed by atoms with E-state index in [0.29, 0.717) is 0 Å². The van der Waals surface area contributed by atoms with Gasteiger partial charge in [-0.1, -0.05) is 0 Å². The van der Waals surface area contributed by atoms with E-state index in [1.807, 2.05) is 6.07 Å². The van der Waals surface area contributed by atoms with Gasteiger partial charge in [0.25, 0.3) is 0 Å². The first-order valence-corrected chi connectivity index (χ1v) is 4.00. The topological polar surface area (TPSA) is 45.2 Å². The lowest BCUT2D eigenvalue weighted by Gasteiger charge is -2.02. The molecule has 0 radical (unpaired) electrons. The number of nitrogens with one attached hydrogen (secondary N) is 1. The number of aromatic nitrogens is 1. The number of anilines is 1. The molecule has 0 aliphatic rings. The number of nitrogens with zero attached hydrogens (tertiary/aromatic N) is 1. The molecule has 0 saturated carbocycles. The van der Waals surface area contributed by atoms with Gasteiger partial charge in [0.15, 0.2) is 0 Å². The van der Waals surface area contributed by atoms with Gasteiger partial charge >= 0.3 is 0 Å². The van der Waals surface area contributed by atoms with Crippen LogP contribution in [0.1, 0.15) is 5.56 Å². The monoisotopic (exact) mass is 216 g/mol. The minimum absolute atomic E-state index is 0.0234. The highest BCUT2D eigenvalue weighted by atomic mass is 79.9. The molecule has 0 aliphatic heterocycles. The molecule has 1 heterocycles. The summed E-state index contributed by atoms with van der Waals surface area (Å²) in [7, 11) is 1.80. The van der Waals surface area contributed by atoms with Crippen molar-refractivity contribution < 1.29 is 5.11 Å². The number of aliphatic hydroxyl groups excluding tert-OH is 1. The first-order chi connectivity index (χ1) is 5.27. The van der Waals surface area contributed by atoms with Gasteiger partial charge in [-0.05, 0) is 27.6 Å². The van der Waals surface area contributed by atoms with Crippen molar-refractivity contribution in [3.63, 3.8) is 0 Å². The Morgan fingerprint density at radius 2 is 2.45 bits per heavy atom. The molecular weight excluding hydrogens is 208 g/mol. The van der Waals surface area contributed by atoms with Gasteiger partial charge in [-0.25, -0.2) is 4.98 Å². The Bertz CT molecular complexity index is 252. The van der Waals surface area contributed by atoms with E-state index in [-0.39, 0.29) is 6.61 Å². The third kappa shape index (κ3) is 1.91. The van der Waals surface area contributed by atoms with E-state index in [0.717, 1.165) is 15.9 Å². The van der Waals surface area contributed by atoms with Gasteiger partial charge in [-0.15, -0.1) is 0 Å². The van der Waals surface area contributed by atoms with Gasteiger partial charge in [-0.2, -0.15) is 0 Å². The van der Waals surface area contributed by atoms with Gasteiger partial charge in [0.05, 0.1) is 11.1 Å². The molecule has 11 heavy (non-hydrogen) atoms. The van der Waals surface area contributed by atoms with Gasteiger partial charge in [0, 0.05) is 13.2 Å². The van der Waals surface area contributed by atoms with Crippen molar-refractivity contribution >= 4 is 21.7 Å². The van der Waals surface area contributed by atoms with Crippen LogP contribution in [0, 0.1) is 0 Å². The summed E-state index contributed by atoms with van der Waals surface area (Å²) < 4.78 is 0.867. The second-order valence-electron chi connectivity index (χ2n) is 2.08. The first kappa shape index (κ1) is 8.49. The van der Waals surface area contributed by atoms with Crippen molar-refractivity contribution in [3.05, 3.63) is 22.3 Å². The van der Waals surface area contributed by atoms with Gasteiger partial charge in [-0.3, -0.25) is 0 Å². The van der Waals surface area contributed by atoms with E-state index in [2.05, 4.69) is 26.2 Å². The third-order valence-corrected chi connectivity index (χ3v) is 1.92. The van der Waals surface area contributed by atoms with Crippen molar-refractivity contribution in [3.8, 4) is 0 Å². The Morgan fingerprint density at radius 3 is 2.91 bits per heavy atom. The van der Waals surface area contributed by atoms with E-state index in [1.165, 1.54) is 0 Å². The maximum atomic E-state index is 8.74. The number of hydrogen-bond acceptors (Lipinski definition) is 3. The SMILES string of the molecule is CNc1ncc(CO)cc1Br. The molecule has 0 spiro atoms. The van der Waals surface area contributed by atoms with E-state index in [9.17, 15) is 0 Å². The lowest BCUT2D eigenvalue weighted by Crippen LogP contribution is -1.94. The fourth-order valence-electron chi connectivity index (χ4n) is 0.748. The second kappa shape index (κ2) is 3.69. The number of aliphatic hydroxyl groups is 1. The van der Waals surface area contributed by atoms with Crippen molar-refractivity contribution in [2.24, 2.45) is 0 Å². The molecule has 0 saturated heterocycles. The zero-order valence-electron chi connectivity index (χ0n) is 6.13. The highest BCUT2D eigenvalue weighted by molar-refractivity contribution is 9.10. The summed E-state index contributed by atoms with van der Waals surface area (Å²) in [5.74, 6) is 0.780. The molecule has 1 aromatic rings. The van der Waals surface area contributed by atoms with E-state index in [1.54, 1.807) is 13.2 Å². The van der Waals surface area contributed by atoms with Crippen LogP contribution in [0.4, 0.5) is 5.82 Å². The van der Waals surface area contributed by atoms with Crippen molar-refractivity contribution in [2.75, 3.05) is 12.4 Å². The molecule has 0 unspecified atom stereocenters. The summed E-state index contributed by atoms with van der Waals surface area (Å²) in [5.41, 5.74) is 0.802. The fourth-order valence-corrected chi connectivity index (χ4v) is 1.34. The van der Waals surface area contributed by atoms with Crippen LogP contribution < -0.4 is 5.32 Å². The average Bonchev–Trinajstić information content (AvgIpc) is 2.04. The number of hydrogen-bond donors (Lipinski definition) is 2. The van der Waals surface area contributed by atoms with E-state index < -0.39 is 0 Å². The molecule has 4 heteroatoms. The van der Waals surface area contributed by atoms with Crippen LogP contribution in [0.5, 0.6) is 0 Å². The predicted octanol–water partition coefficient (Wildman–Crippen LogP) is 1.38. The average molecular weight is 217 g/mol. The summed E-state index contributed by atoms with van der Waals surface area (Å²) in [4.78, 5) is 4.05. The molecule has 60 valence electrons. The lowest BCUT2D eigenvalue weighted by atomic mass is 10.3. The van der Waals surface area contributed by atoms with Crippen LogP contribution in [-0.4, -0.2) is 17.1 Å². The molecule has 1 rings (SSSR count). The molecule has 0 aliphatic carbocycles. The predicted molar refractivity (Wildman–Crippen MR) is 47.4 cm³/mol. The lowest BCUT2D eigenvalue weighted by molar-refractivity contribution is 0.281. The van der Waals surface area contributed by atoms with Crippen LogP contribution in [0.15, 0.2) is 16.7 Å². The second-order valence-corrected chi connectivity index (χ2v) is 2.94. The summed E-state index contributed by atoms with van der Waals surface area (Å²) in [6.45, 7) is 0.0234. The highest BCUT2D eigenvalue weighted by Crippen LogP contribution is 2.19. The smallest absolute Gasteiger partial charge is 0.140 e. The van der Waals surface area contributed by atoms with E-state index in [4.69, 9.17) is 5.11 Å². The molecule has 0 aromatic carbocycles. The molecule has 3 nitrogen and oxygen atoms in total. The molecular formula is C7H9BrN2O. The van der Waals surface area contributed by atoms with Crippen molar-refractivity contribution in [1.82, 2.24) is 4.98 Å².